The van der Waals surface area contributed by atoms with Gasteiger partial charge in [0, 0.05) is 37.1 Å². The Labute approximate surface area is 107 Å². The molecule has 2 aromatic heterocycles. The van der Waals surface area contributed by atoms with Crippen molar-refractivity contribution in [2.75, 3.05) is 6.54 Å². The summed E-state index contributed by atoms with van der Waals surface area (Å²) >= 11 is 0. The highest BCUT2D eigenvalue weighted by Gasteiger charge is 2.39. The van der Waals surface area contributed by atoms with Gasteiger partial charge >= 0.3 is 0 Å². The van der Waals surface area contributed by atoms with Gasteiger partial charge in [0.05, 0.1) is 5.69 Å². The van der Waals surface area contributed by atoms with E-state index in [2.05, 4.69) is 28.5 Å². The lowest BCUT2D eigenvalue weighted by Gasteiger charge is -2.13. The number of aromatic nitrogens is 3. The molecule has 1 saturated carbocycles. The molecule has 4 nitrogen and oxygen atoms in total. The Kier molecular flexibility index (Phi) is 2.82. The number of hydrogen-bond donors (Lipinski definition) is 1. The molecule has 0 spiro atoms. The number of fused-ring (bicyclic) bond motifs is 1. The van der Waals surface area contributed by atoms with E-state index in [9.17, 15) is 0 Å². The van der Waals surface area contributed by atoms with Crippen molar-refractivity contribution in [1.29, 1.82) is 0 Å². The first-order chi connectivity index (χ1) is 8.71. The van der Waals surface area contributed by atoms with Gasteiger partial charge in [0.1, 0.15) is 0 Å². The SMILES string of the molecule is CCC1(CNCc2cnc3cc(C)nn3c2)CC1. The zero-order valence-corrected chi connectivity index (χ0v) is 11.1. The smallest absolute Gasteiger partial charge is 0.155 e. The van der Waals surface area contributed by atoms with Gasteiger partial charge in [-0.15, -0.1) is 0 Å². The number of hydrogen-bond acceptors (Lipinski definition) is 3. The maximum Gasteiger partial charge on any atom is 0.155 e. The third kappa shape index (κ3) is 2.25. The topological polar surface area (TPSA) is 42.2 Å². The summed E-state index contributed by atoms with van der Waals surface area (Å²) in [6.45, 7) is 6.28. The van der Waals surface area contributed by atoms with E-state index in [0.29, 0.717) is 5.41 Å². The summed E-state index contributed by atoms with van der Waals surface area (Å²) in [4.78, 5) is 4.41. The van der Waals surface area contributed by atoms with Crippen LogP contribution >= 0.6 is 0 Å². The van der Waals surface area contributed by atoms with E-state index in [-0.39, 0.29) is 0 Å². The summed E-state index contributed by atoms with van der Waals surface area (Å²) in [6.07, 6.45) is 8.05. The van der Waals surface area contributed by atoms with Gasteiger partial charge in [-0.3, -0.25) is 0 Å². The fourth-order valence-electron chi connectivity index (χ4n) is 2.43. The van der Waals surface area contributed by atoms with Crippen LogP contribution in [0.4, 0.5) is 0 Å². The Morgan fingerprint density at radius 2 is 2.28 bits per heavy atom. The zero-order chi connectivity index (χ0) is 12.6. The van der Waals surface area contributed by atoms with Crippen molar-refractivity contribution < 1.29 is 0 Å². The molecule has 1 aliphatic carbocycles. The molecule has 4 heteroatoms. The van der Waals surface area contributed by atoms with E-state index in [1.807, 2.05) is 23.7 Å². The minimum atomic E-state index is 0.597. The Bertz CT molecular complexity index is 554. The molecule has 0 bridgehead atoms. The number of rotatable bonds is 5. The normalized spacial score (nSPS) is 17.2. The molecule has 18 heavy (non-hydrogen) atoms. The molecule has 0 unspecified atom stereocenters. The van der Waals surface area contributed by atoms with Crippen LogP contribution in [0.3, 0.4) is 0 Å². The summed E-state index contributed by atoms with van der Waals surface area (Å²) in [7, 11) is 0. The van der Waals surface area contributed by atoms with Crippen LogP contribution in [0.1, 0.15) is 37.4 Å². The molecule has 1 N–H and O–H groups in total. The fraction of sp³-hybridized carbons (Fsp3) is 0.571. The average Bonchev–Trinajstić information content (AvgIpc) is 3.04. The second kappa shape index (κ2) is 4.35. The maximum atomic E-state index is 4.41. The van der Waals surface area contributed by atoms with Gasteiger partial charge in [0.2, 0.25) is 0 Å². The number of aryl methyl sites for hydroxylation is 1. The van der Waals surface area contributed by atoms with Crippen LogP contribution in [0.25, 0.3) is 5.65 Å². The van der Waals surface area contributed by atoms with Gasteiger partial charge in [-0.25, -0.2) is 9.50 Å². The maximum absolute atomic E-state index is 4.41. The third-order valence-electron chi connectivity index (χ3n) is 4.03. The minimum Gasteiger partial charge on any atom is -0.312 e. The lowest BCUT2D eigenvalue weighted by molar-refractivity contribution is 0.443. The molecule has 0 atom stereocenters. The highest BCUT2D eigenvalue weighted by molar-refractivity contribution is 5.38. The second-order valence-corrected chi connectivity index (χ2v) is 5.51. The van der Waals surface area contributed by atoms with E-state index in [1.165, 1.54) is 24.8 Å². The predicted octanol–water partition coefficient (Wildman–Crippen LogP) is 2.32. The molecule has 2 heterocycles. The first-order valence-electron chi connectivity index (χ1n) is 6.72. The molecular formula is C14H20N4. The summed E-state index contributed by atoms with van der Waals surface area (Å²) in [5.74, 6) is 0. The van der Waals surface area contributed by atoms with E-state index >= 15 is 0 Å². The van der Waals surface area contributed by atoms with Gasteiger partial charge in [0.15, 0.2) is 5.65 Å². The Balaban J connectivity index is 1.63. The van der Waals surface area contributed by atoms with Crippen LogP contribution < -0.4 is 5.32 Å². The van der Waals surface area contributed by atoms with Gasteiger partial charge in [-0.2, -0.15) is 5.10 Å². The van der Waals surface area contributed by atoms with Crippen LogP contribution in [0.5, 0.6) is 0 Å². The van der Waals surface area contributed by atoms with Gasteiger partial charge < -0.3 is 5.32 Å². The van der Waals surface area contributed by atoms with Gasteiger partial charge in [-0.05, 0) is 31.6 Å². The molecule has 1 fully saturated rings. The summed E-state index contributed by atoms with van der Waals surface area (Å²) < 4.78 is 1.86. The standard InChI is InChI=1S/C14H20N4/c1-3-14(4-5-14)10-15-7-12-8-16-13-6-11(2)17-18(13)9-12/h6,8-9,15H,3-5,7,10H2,1-2H3. The van der Waals surface area contributed by atoms with Crippen molar-refractivity contribution in [1.82, 2.24) is 19.9 Å². The van der Waals surface area contributed by atoms with Crippen LogP contribution in [0, 0.1) is 12.3 Å². The van der Waals surface area contributed by atoms with Crippen molar-refractivity contribution in [2.45, 2.75) is 39.7 Å². The number of nitrogens with one attached hydrogen (secondary N) is 1. The fourth-order valence-corrected chi connectivity index (χ4v) is 2.43. The molecule has 0 aliphatic heterocycles. The summed E-state index contributed by atoms with van der Waals surface area (Å²) in [6, 6.07) is 1.99. The van der Waals surface area contributed by atoms with Gasteiger partial charge in [0.25, 0.3) is 0 Å². The van der Waals surface area contributed by atoms with E-state index in [4.69, 9.17) is 0 Å². The lowest BCUT2D eigenvalue weighted by Crippen LogP contribution is -2.23. The van der Waals surface area contributed by atoms with E-state index in [1.54, 1.807) is 0 Å². The van der Waals surface area contributed by atoms with Crippen molar-refractivity contribution in [2.24, 2.45) is 5.41 Å². The Hall–Kier alpha value is -1.42. The van der Waals surface area contributed by atoms with Crippen LogP contribution in [0.2, 0.25) is 0 Å². The average molecular weight is 244 g/mol. The molecule has 0 saturated heterocycles. The highest BCUT2D eigenvalue weighted by Crippen LogP contribution is 2.47. The Morgan fingerprint density at radius 1 is 1.44 bits per heavy atom. The monoisotopic (exact) mass is 244 g/mol. The van der Waals surface area contributed by atoms with Crippen molar-refractivity contribution in [3.05, 3.63) is 29.7 Å². The molecular weight excluding hydrogens is 224 g/mol. The van der Waals surface area contributed by atoms with E-state index in [0.717, 1.165) is 24.4 Å². The highest BCUT2D eigenvalue weighted by atomic mass is 15.2. The molecule has 0 amide bonds. The molecule has 2 aromatic rings. The second-order valence-electron chi connectivity index (χ2n) is 5.51. The quantitative estimate of drug-likeness (QED) is 0.877. The van der Waals surface area contributed by atoms with Crippen molar-refractivity contribution in [3.63, 3.8) is 0 Å². The van der Waals surface area contributed by atoms with Crippen molar-refractivity contribution in [3.8, 4) is 0 Å². The predicted molar refractivity (Wildman–Crippen MR) is 71.4 cm³/mol. The van der Waals surface area contributed by atoms with Crippen LogP contribution in [0.15, 0.2) is 18.5 Å². The molecule has 3 rings (SSSR count). The Morgan fingerprint density at radius 3 is 3.00 bits per heavy atom. The van der Waals surface area contributed by atoms with E-state index < -0.39 is 0 Å². The molecule has 96 valence electrons. The van der Waals surface area contributed by atoms with Crippen molar-refractivity contribution >= 4 is 5.65 Å². The summed E-state index contributed by atoms with van der Waals surface area (Å²) in [5.41, 5.74) is 3.72. The number of nitrogens with zero attached hydrogens (tertiary/aromatic N) is 3. The third-order valence-corrected chi connectivity index (χ3v) is 4.03. The molecule has 1 aliphatic rings. The van der Waals surface area contributed by atoms with Crippen LogP contribution in [-0.4, -0.2) is 21.1 Å². The lowest BCUT2D eigenvalue weighted by atomic mass is 10.0. The minimum absolute atomic E-state index is 0.597. The largest absolute Gasteiger partial charge is 0.312 e. The molecule has 0 aromatic carbocycles. The van der Waals surface area contributed by atoms with Crippen LogP contribution in [-0.2, 0) is 6.54 Å². The molecule has 0 radical (unpaired) electrons. The zero-order valence-electron chi connectivity index (χ0n) is 11.1. The first kappa shape index (κ1) is 11.7. The summed E-state index contributed by atoms with van der Waals surface area (Å²) in [5, 5.41) is 7.93. The van der Waals surface area contributed by atoms with Gasteiger partial charge in [-0.1, -0.05) is 6.92 Å². The first-order valence-corrected chi connectivity index (χ1v) is 6.72.